The van der Waals surface area contributed by atoms with E-state index in [1.54, 1.807) is 15.8 Å². The number of carbonyl (C=O) groups excluding carboxylic acids is 2. The molecule has 0 saturated carbocycles. The molecule has 28 heavy (non-hydrogen) atoms. The fourth-order valence-corrected chi connectivity index (χ4v) is 4.53. The number of hydrogen-bond donors (Lipinski definition) is 1. The molecule has 1 aliphatic rings. The van der Waals surface area contributed by atoms with Crippen LogP contribution in [0, 0.1) is 0 Å². The molecular weight excluding hydrogens is 394 g/mol. The van der Waals surface area contributed by atoms with Crippen molar-refractivity contribution in [3.8, 4) is 0 Å². The van der Waals surface area contributed by atoms with Gasteiger partial charge in [-0.3, -0.25) is 9.59 Å². The zero-order valence-electron chi connectivity index (χ0n) is 14.9. The molecule has 0 saturated heterocycles. The first-order valence-electron chi connectivity index (χ1n) is 8.89. The molecule has 3 aromatic rings. The second-order valence-corrected chi connectivity index (χ2v) is 7.85. The van der Waals surface area contributed by atoms with Gasteiger partial charge in [-0.1, -0.05) is 48.0 Å². The molecule has 0 spiro atoms. The van der Waals surface area contributed by atoms with Crippen LogP contribution in [0.1, 0.15) is 45.7 Å². The van der Waals surface area contributed by atoms with Crippen LogP contribution in [0.15, 0.2) is 59.4 Å². The lowest BCUT2D eigenvalue weighted by Crippen LogP contribution is -2.43. The number of thiazole rings is 1. The highest BCUT2D eigenvalue weighted by molar-refractivity contribution is 7.07. The fourth-order valence-electron chi connectivity index (χ4n) is 3.83. The van der Waals surface area contributed by atoms with Gasteiger partial charge in [-0.25, -0.2) is 4.98 Å². The Hall–Kier alpha value is -2.70. The number of primary amides is 1. The molecule has 5 nitrogen and oxygen atoms in total. The van der Waals surface area contributed by atoms with Crippen LogP contribution in [-0.2, 0) is 11.2 Å². The first kappa shape index (κ1) is 18.7. The Bertz CT molecular complexity index is 1010. The monoisotopic (exact) mass is 411 g/mol. The Balaban J connectivity index is 1.85. The first-order chi connectivity index (χ1) is 13.6. The van der Waals surface area contributed by atoms with Gasteiger partial charge in [0.05, 0.1) is 11.6 Å². The molecule has 4 rings (SSSR count). The van der Waals surface area contributed by atoms with Crippen LogP contribution < -0.4 is 5.73 Å². The van der Waals surface area contributed by atoms with Crippen LogP contribution >= 0.6 is 22.9 Å². The summed E-state index contributed by atoms with van der Waals surface area (Å²) in [5.74, 6) is -0.892. The van der Waals surface area contributed by atoms with Crippen molar-refractivity contribution >= 4 is 34.8 Å². The summed E-state index contributed by atoms with van der Waals surface area (Å²) in [6.45, 7) is 0. The molecule has 7 heteroatoms. The summed E-state index contributed by atoms with van der Waals surface area (Å²) in [6.07, 6.45) is 1.50. The predicted octanol–water partition coefficient (Wildman–Crippen LogP) is 4.15. The molecule has 1 aliphatic carbocycles. The Morgan fingerprint density at radius 3 is 2.68 bits per heavy atom. The molecule has 0 aliphatic heterocycles. The summed E-state index contributed by atoms with van der Waals surface area (Å²) in [5.41, 5.74) is 10.5. The largest absolute Gasteiger partial charge is 0.368 e. The van der Waals surface area contributed by atoms with E-state index in [1.165, 1.54) is 11.3 Å². The van der Waals surface area contributed by atoms with Crippen LogP contribution in [0.5, 0.6) is 0 Å². The van der Waals surface area contributed by atoms with Gasteiger partial charge in [0.2, 0.25) is 5.91 Å². The third-order valence-electron chi connectivity index (χ3n) is 5.04. The molecule has 2 amide bonds. The second kappa shape index (κ2) is 7.73. The molecule has 2 N–H and O–H groups in total. The average Bonchev–Trinajstić information content (AvgIpc) is 3.36. The number of aromatic nitrogens is 1. The van der Waals surface area contributed by atoms with E-state index >= 15 is 0 Å². The quantitative estimate of drug-likeness (QED) is 0.685. The van der Waals surface area contributed by atoms with Gasteiger partial charge in [0.25, 0.3) is 5.91 Å². The molecule has 142 valence electrons. The number of carbonyl (C=O) groups is 2. The maximum Gasteiger partial charge on any atom is 0.274 e. The maximum atomic E-state index is 13.4. The van der Waals surface area contributed by atoms with Crippen molar-refractivity contribution in [2.45, 2.75) is 24.9 Å². The van der Waals surface area contributed by atoms with Crippen molar-refractivity contribution in [1.82, 2.24) is 9.88 Å². The van der Waals surface area contributed by atoms with Crippen molar-refractivity contribution in [1.29, 1.82) is 0 Å². The number of halogens is 1. The Morgan fingerprint density at radius 2 is 2.00 bits per heavy atom. The van der Waals surface area contributed by atoms with E-state index in [-0.39, 0.29) is 11.9 Å². The molecule has 1 heterocycles. The minimum atomic E-state index is -0.898. The SMILES string of the molecule is NC(=O)[C@@H](c1ccccc1)N(C(=O)c1cscn1)[C@@H]1CCc2ccc(Cl)cc21. The van der Waals surface area contributed by atoms with E-state index in [9.17, 15) is 9.59 Å². The van der Waals surface area contributed by atoms with Gasteiger partial charge in [-0.05, 0) is 41.7 Å². The molecule has 0 radical (unpaired) electrons. The smallest absolute Gasteiger partial charge is 0.274 e. The average molecular weight is 412 g/mol. The van der Waals surface area contributed by atoms with Gasteiger partial charge >= 0.3 is 0 Å². The van der Waals surface area contributed by atoms with Crippen LogP contribution in [-0.4, -0.2) is 21.7 Å². The highest BCUT2D eigenvalue weighted by Gasteiger charge is 2.39. The Kier molecular flexibility index (Phi) is 5.15. The van der Waals surface area contributed by atoms with Crippen molar-refractivity contribution in [3.63, 3.8) is 0 Å². The Labute approximate surface area is 171 Å². The van der Waals surface area contributed by atoms with E-state index in [0.29, 0.717) is 22.7 Å². The van der Waals surface area contributed by atoms with Gasteiger partial charge in [0, 0.05) is 10.4 Å². The second-order valence-electron chi connectivity index (χ2n) is 6.70. The normalized spacial score (nSPS) is 16.4. The van der Waals surface area contributed by atoms with Crippen LogP contribution in [0.2, 0.25) is 5.02 Å². The molecule has 2 aromatic carbocycles. The van der Waals surface area contributed by atoms with Crippen molar-refractivity contribution in [2.75, 3.05) is 0 Å². The topological polar surface area (TPSA) is 76.3 Å². The lowest BCUT2D eigenvalue weighted by atomic mass is 9.99. The summed E-state index contributed by atoms with van der Waals surface area (Å²) < 4.78 is 0. The van der Waals surface area contributed by atoms with E-state index in [2.05, 4.69) is 4.98 Å². The van der Waals surface area contributed by atoms with Crippen molar-refractivity contribution in [2.24, 2.45) is 5.73 Å². The van der Waals surface area contributed by atoms with Crippen LogP contribution in [0.25, 0.3) is 0 Å². The van der Waals surface area contributed by atoms with Gasteiger partial charge in [0.1, 0.15) is 11.7 Å². The highest BCUT2D eigenvalue weighted by Crippen LogP contribution is 2.42. The number of fused-ring (bicyclic) bond motifs is 1. The zero-order chi connectivity index (χ0) is 19.7. The molecule has 1 aromatic heterocycles. The van der Waals surface area contributed by atoms with Gasteiger partial charge in [-0.15, -0.1) is 11.3 Å². The number of hydrogen-bond acceptors (Lipinski definition) is 4. The van der Waals surface area contributed by atoms with Crippen LogP contribution in [0.4, 0.5) is 0 Å². The molecule has 0 unspecified atom stereocenters. The fraction of sp³-hybridized carbons (Fsp3) is 0.190. The van der Waals surface area contributed by atoms with Gasteiger partial charge in [0.15, 0.2) is 0 Å². The van der Waals surface area contributed by atoms with Gasteiger partial charge in [-0.2, -0.15) is 0 Å². The first-order valence-corrected chi connectivity index (χ1v) is 10.2. The van der Waals surface area contributed by atoms with E-state index in [0.717, 1.165) is 17.5 Å². The van der Waals surface area contributed by atoms with Gasteiger partial charge < -0.3 is 10.6 Å². The minimum absolute atomic E-state index is 0.305. The molecule has 0 fully saturated rings. The Morgan fingerprint density at radius 1 is 1.21 bits per heavy atom. The summed E-state index contributed by atoms with van der Waals surface area (Å²) in [5, 5.41) is 2.29. The zero-order valence-corrected chi connectivity index (χ0v) is 16.5. The van der Waals surface area contributed by atoms with E-state index < -0.39 is 11.9 Å². The standard InChI is InChI=1S/C21H18ClN3O2S/c22-15-8-6-13-7-9-18(16(13)10-15)25(21(27)17-11-28-12-24-17)19(20(23)26)14-4-2-1-3-5-14/h1-6,8,10-12,18-19H,7,9H2,(H2,23,26)/t18-,19-/m1/s1. The van der Waals surface area contributed by atoms with Crippen molar-refractivity contribution < 1.29 is 9.59 Å². The third-order valence-corrected chi connectivity index (χ3v) is 5.86. The molecule has 0 bridgehead atoms. The number of benzene rings is 2. The predicted molar refractivity (Wildman–Crippen MR) is 109 cm³/mol. The summed E-state index contributed by atoms with van der Waals surface area (Å²) >= 11 is 7.56. The van der Waals surface area contributed by atoms with E-state index in [1.807, 2.05) is 48.5 Å². The lowest BCUT2D eigenvalue weighted by Gasteiger charge is -2.35. The number of amides is 2. The number of nitrogens with zero attached hydrogens (tertiary/aromatic N) is 2. The summed E-state index contributed by atoms with van der Waals surface area (Å²) in [7, 11) is 0. The van der Waals surface area contributed by atoms with Crippen molar-refractivity contribution in [3.05, 3.63) is 86.8 Å². The number of aryl methyl sites for hydroxylation is 1. The number of nitrogens with two attached hydrogens (primary N) is 1. The highest BCUT2D eigenvalue weighted by atomic mass is 35.5. The lowest BCUT2D eigenvalue weighted by molar-refractivity contribution is -0.123. The van der Waals surface area contributed by atoms with E-state index in [4.69, 9.17) is 17.3 Å². The van der Waals surface area contributed by atoms with Crippen LogP contribution in [0.3, 0.4) is 0 Å². The summed E-state index contributed by atoms with van der Waals surface area (Å²) in [6, 6.07) is 13.6. The molecule has 2 atom stereocenters. The minimum Gasteiger partial charge on any atom is -0.368 e. The third kappa shape index (κ3) is 3.41. The molecular formula is C21H18ClN3O2S. The number of rotatable bonds is 5. The summed E-state index contributed by atoms with van der Waals surface area (Å²) in [4.78, 5) is 31.7. The maximum absolute atomic E-state index is 13.4.